The van der Waals surface area contributed by atoms with Crippen LogP contribution in [0.5, 0.6) is 5.75 Å². The van der Waals surface area contributed by atoms with Gasteiger partial charge in [-0.1, -0.05) is 12.5 Å². The molecule has 1 aliphatic rings. The molecule has 0 radical (unpaired) electrons. The summed E-state index contributed by atoms with van der Waals surface area (Å²) in [5.41, 5.74) is 1.74. The standard InChI is InChI=1S/C15H20N2OS/c1-18-15-6-5-12(8-13(15)9-16)10-17-11-14-4-2-3-7-19-14/h5-6,8,14,17H,2-4,7,10-11H2,1H3. The van der Waals surface area contributed by atoms with Gasteiger partial charge in [-0.2, -0.15) is 17.0 Å². The smallest absolute Gasteiger partial charge is 0.136 e. The van der Waals surface area contributed by atoms with Crippen LogP contribution < -0.4 is 10.1 Å². The van der Waals surface area contributed by atoms with Crippen LogP contribution in [0.15, 0.2) is 18.2 Å². The highest BCUT2D eigenvalue weighted by atomic mass is 32.2. The fraction of sp³-hybridized carbons (Fsp3) is 0.533. The van der Waals surface area contributed by atoms with Gasteiger partial charge in [0.15, 0.2) is 0 Å². The highest BCUT2D eigenvalue weighted by Crippen LogP contribution is 2.24. The van der Waals surface area contributed by atoms with Gasteiger partial charge in [0.2, 0.25) is 0 Å². The van der Waals surface area contributed by atoms with Crippen molar-refractivity contribution in [2.24, 2.45) is 0 Å². The third kappa shape index (κ3) is 4.15. The molecule has 1 aliphatic heterocycles. The van der Waals surface area contributed by atoms with Crippen LogP contribution in [0.4, 0.5) is 0 Å². The van der Waals surface area contributed by atoms with Gasteiger partial charge in [0, 0.05) is 18.3 Å². The molecule has 1 fully saturated rings. The maximum absolute atomic E-state index is 9.05. The van der Waals surface area contributed by atoms with Crippen molar-refractivity contribution in [3.05, 3.63) is 29.3 Å². The largest absolute Gasteiger partial charge is 0.495 e. The van der Waals surface area contributed by atoms with Crippen LogP contribution in [0.25, 0.3) is 0 Å². The Morgan fingerprint density at radius 3 is 3.05 bits per heavy atom. The topological polar surface area (TPSA) is 45.0 Å². The molecule has 0 saturated carbocycles. The number of benzene rings is 1. The average molecular weight is 276 g/mol. The zero-order valence-electron chi connectivity index (χ0n) is 11.3. The van der Waals surface area contributed by atoms with E-state index in [4.69, 9.17) is 10.00 Å². The van der Waals surface area contributed by atoms with Gasteiger partial charge < -0.3 is 10.1 Å². The van der Waals surface area contributed by atoms with Crippen molar-refractivity contribution in [2.75, 3.05) is 19.4 Å². The van der Waals surface area contributed by atoms with E-state index in [9.17, 15) is 0 Å². The molecular weight excluding hydrogens is 256 g/mol. The van der Waals surface area contributed by atoms with Gasteiger partial charge in [-0.15, -0.1) is 0 Å². The van der Waals surface area contributed by atoms with Gasteiger partial charge in [0.25, 0.3) is 0 Å². The van der Waals surface area contributed by atoms with E-state index >= 15 is 0 Å². The number of hydrogen-bond donors (Lipinski definition) is 1. The fourth-order valence-corrected chi connectivity index (χ4v) is 3.57. The Labute approximate surface area is 119 Å². The predicted molar refractivity (Wildman–Crippen MR) is 79.5 cm³/mol. The number of methoxy groups -OCH3 is 1. The maximum Gasteiger partial charge on any atom is 0.136 e. The van der Waals surface area contributed by atoms with Gasteiger partial charge in [-0.05, 0) is 36.3 Å². The first kappa shape index (κ1) is 14.2. The lowest BCUT2D eigenvalue weighted by Gasteiger charge is -2.21. The molecule has 3 nitrogen and oxygen atoms in total. The zero-order valence-corrected chi connectivity index (χ0v) is 12.1. The van der Waals surface area contributed by atoms with Crippen molar-refractivity contribution in [3.63, 3.8) is 0 Å². The van der Waals surface area contributed by atoms with E-state index in [-0.39, 0.29) is 0 Å². The summed E-state index contributed by atoms with van der Waals surface area (Å²) in [6, 6.07) is 7.95. The van der Waals surface area contributed by atoms with Gasteiger partial charge in [0.1, 0.15) is 11.8 Å². The predicted octanol–water partition coefficient (Wildman–Crippen LogP) is 2.94. The van der Waals surface area contributed by atoms with E-state index < -0.39 is 0 Å². The quantitative estimate of drug-likeness (QED) is 0.898. The lowest BCUT2D eigenvalue weighted by atomic mass is 10.1. The third-order valence-corrected chi connectivity index (χ3v) is 4.76. The summed E-state index contributed by atoms with van der Waals surface area (Å²) in [6.07, 6.45) is 4.05. The number of nitriles is 1. The van der Waals surface area contributed by atoms with Crippen molar-refractivity contribution in [1.82, 2.24) is 5.32 Å². The Morgan fingerprint density at radius 1 is 1.47 bits per heavy atom. The fourth-order valence-electron chi connectivity index (χ4n) is 2.30. The monoisotopic (exact) mass is 276 g/mol. The average Bonchev–Trinajstić information content (AvgIpc) is 2.48. The summed E-state index contributed by atoms with van der Waals surface area (Å²) >= 11 is 2.08. The van der Waals surface area contributed by atoms with E-state index in [0.29, 0.717) is 11.3 Å². The summed E-state index contributed by atoms with van der Waals surface area (Å²) in [4.78, 5) is 0. The number of nitrogens with one attached hydrogen (secondary N) is 1. The molecule has 4 heteroatoms. The first-order chi connectivity index (χ1) is 9.33. The van der Waals surface area contributed by atoms with Gasteiger partial charge in [0.05, 0.1) is 12.7 Å². The molecule has 1 unspecified atom stereocenters. The van der Waals surface area contributed by atoms with Gasteiger partial charge >= 0.3 is 0 Å². The number of rotatable bonds is 5. The van der Waals surface area contributed by atoms with Crippen LogP contribution >= 0.6 is 11.8 Å². The molecule has 19 heavy (non-hydrogen) atoms. The maximum atomic E-state index is 9.05. The summed E-state index contributed by atoms with van der Waals surface area (Å²) < 4.78 is 5.14. The Bertz CT molecular complexity index is 450. The summed E-state index contributed by atoms with van der Waals surface area (Å²) in [5, 5.41) is 13.3. The second kappa shape index (κ2) is 7.42. The molecule has 0 spiro atoms. The Balaban J connectivity index is 1.84. The lowest BCUT2D eigenvalue weighted by Crippen LogP contribution is -2.26. The van der Waals surface area contributed by atoms with Crippen LogP contribution in [0.2, 0.25) is 0 Å². The third-order valence-electron chi connectivity index (χ3n) is 3.36. The summed E-state index contributed by atoms with van der Waals surface area (Å²) in [5.74, 6) is 1.95. The van der Waals surface area contributed by atoms with Crippen molar-refractivity contribution in [2.45, 2.75) is 31.1 Å². The molecule has 1 aromatic rings. The summed E-state index contributed by atoms with van der Waals surface area (Å²) in [7, 11) is 1.59. The lowest BCUT2D eigenvalue weighted by molar-refractivity contribution is 0.413. The number of nitrogens with zero attached hydrogens (tertiary/aromatic N) is 1. The van der Waals surface area contributed by atoms with Crippen molar-refractivity contribution in [3.8, 4) is 11.8 Å². The highest BCUT2D eigenvalue weighted by molar-refractivity contribution is 7.99. The van der Waals surface area contributed by atoms with Crippen molar-refractivity contribution >= 4 is 11.8 Å². The van der Waals surface area contributed by atoms with Crippen LogP contribution in [-0.4, -0.2) is 24.7 Å². The van der Waals surface area contributed by atoms with E-state index in [2.05, 4.69) is 23.1 Å². The van der Waals surface area contributed by atoms with Crippen LogP contribution in [-0.2, 0) is 6.54 Å². The first-order valence-corrected chi connectivity index (χ1v) is 7.77. The minimum Gasteiger partial charge on any atom is -0.495 e. The van der Waals surface area contributed by atoms with Gasteiger partial charge in [-0.3, -0.25) is 0 Å². The number of thioether (sulfide) groups is 1. The van der Waals surface area contributed by atoms with Crippen LogP contribution in [0, 0.1) is 11.3 Å². The second-order valence-corrected chi connectivity index (χ2v) is 6.17. The van der Waals surface area contributed by atoms with Crippen LogP contribution in [0.3, 0.4) is 0 Å². The molecule has 1 aromatic carbocycles. The molecule has 102 valence electrons. The zero-order chi connectivity index (χ0) is 13.5. The minimum absolute atomic E-state index is 0.605. The van der Waals surface area contributed by atoms with Crippen molar-refractivity contribution in [1.29, 1.82) is 5.26 Å². The minimum atomic E-state index is 0.605. The second-order valence-electron chi connectivity index (χ2n) is 4.77. The van der Waals surface area contributed by atoms with Crippen molar-refractivity contribution < 1.29 is 4.74 Å². The Hall–Kier alpha value is -1.18. The molecule has 0 amide bonds. The number of ether oxygens (including phenoxy) is 1. The Kier molecular flexibility index (Phi) is 5.56. The molecular formula is C15H20N2OS. The first-order valence-electron chi connectivity index (χ1n) is 6.73. The van der Waals surface area contributed by atoms with E-state index in [1.807, 2.05) is 18.2 Å². The molecule has 0 aromatic heterocycles. The molecule has 1 heterocycles. The highest BCUT2D eigenvalue weighted by Gasteiger charge is 2.13. The van der Waals surface area contributed by atoms with E-state index in [1.165, 1.54) is 25.0 Å². The molecule has 1 N–H and O–H groups in total. The molecule has 2 rings (SSSR count). The van der Waals surface area contributed by atoms with E-state index in [0.717, 1.165) is 23.9 Å². The molecule has 1 atom stereocenters. The van der Waals surface area contributed by atoms with Gasteiger partial charge in [-0.25, -0.2) is 0 Å². The molecule has 0 bridgehead atoms. The molecule has 1 saturated heterocycles. The SMILES string of the molecule is COc1ccc(CNCC2CCCCS2)cc1C#N. The molecule has 0 aliphatic carbocycles. The Morgan fingerprint density at radius 2 is 2.37 bits per heavy atom. The van der Waals surface area contributed by atoms with Crippen LogP contribution in [0.1, 0.15) is 30.4 Å². The van der Waals surface area contributed by atoms with E-state index in [1.54, 1.807) is 7.11 Å². The summed E-state index contributed by atoms with van der Waals surface area (Å²) in [6.45, 7) is 1.87. The normalized spacial score (nSPS) is 18.8. The number of hydrogen-bond acceptors (Lipinski definition) is 4.